The highest BCUT2D eigenvalue weighted by Crippen LogP contribution is 2.22. The van der Waals surface area contributed by atoms with Crippen LogP contribution in [0.15, 0.2) is 18.2 Å². The fourth-order valence-corrected chi connectivity index (χ4v) is 3.58. The van der Waals surface area contributed by atoms with Gasteiger partial charge in [-0.3, -0.25) is 0 Å². The van der Waals surface area contributed by atoms with E-state index in [1.807, 2.05) is 32.0 Å². The molecule has 0 aliphatic carbocycles. The molecule has 19 heavy (non-hydrogen) atoms. The fraction of sp³-hybridized carbons (Fsp3) is 0.571. The number of rotatable bonds is 7. The topological polar surface area (TPSA) is 69.4 Å². The summed E-state index contributed by atoms with van der Waals surface area (Å²) in [5.74, 6) is 0.996. The van der Waals surface area contributed by atoms with E-state index in [1.165, 1.54) is 0 Å². The second-order valence-electron chi connectivity index (χ2n) is 4.80. The fourth-order valence-electron chi connectivity index (χ4n) is 1.95. The molecule has 0 amide bonds. The Balaban J connectivity index is 2.78. The van der Waals surface area contributed by atoms with Gasteiger partial charge in [0.1, 0.15) is 5.75 Å². The summed E-state index contributed by atoms with van der Waals surface area (Å²) in [5, 5.41) is 0. The van der Waals surface area contributed by atoms with Gasteiger partial charge < -0.3 is 10.5 Å². The minimum Gasteiger partial charge on any atom is -0.496 e. The lowest BCUT2D eigenvalue weighted by Gasteiger charge is -2.14. The van der Waals surface area contributed by atoms with Crippen molar-refractivity contribution in [1.82, 2.24) is 0 Å². The summed E-state index contributed by atoms with van der Waals surface area (Å²) < 4.78 is 28.9. The van der Waals surface area contributed by atoms with Gasteiger partial charge >= 0.3 is 0 Å². The summed E-state index contributed by atoms with van der Waals surface area (Å²) in [5.41, 5.74) is 7.78. The van der Waals surface area contributed by atoms with E-state index in [2.05, 4.69) is 0 Å². The van der Waals surface area contributed by atoms with E-state index in [9.17, 15) is 8.42 Å². The van der Waals surface area contributed by atoms with Crippen LogP contribution in [0.2, 0.25) is 0 Å². The van der Waals surface area contributed by atoms with Gasteiger partial charge in [-0.2, -0.15) is 0 Å². The summed E-state index contributed by atoms with van der Waals surface area (Å²) in [7, 11) is -1.47. The number of hydrogen-bond donors (Lipinski definition) is 1. The number of unbranched alkanes of at least 4 members (excludes halogenated alkanes) is 1. The molecule has 2 N–H and O–H groups in total. The Bertz CT molecular complexity index is 511. The van der Waals surface area contributed by atoms with E-state index in [-0.39, 0.29) is 11.5 Å². The molecule has 0 aromatic heterocycles. The Labute approximate surface area is 115 Å². The summed E-state index contributed by atoms with van der Waals surface area (Å²) in [4.78, 5) is 0. The quantitative estimate of drug-likeness (QED) is 0.834. The molecule has 1 rings (SSSR count). The first-order chi connectivity index (χ1) is 8.89. The minimum absolute atomic E-state index is 0.00122. The Morgan fingerprint density at radius 1 is 1.37 bits per heavy atom. The van der Waals surface area contributed by atoms with Gasteiger partial charge in [0.05, 0.1) is 18.6 Å². The molecule has 4 nitrogen and oxygen atoms in total. The van der Waals surface area contributed by atoms with Crippen molar-refractivity contribution in [2.75, 3.05) is 18.6 Å². The van der Waals surface area contributed by atoms with Gasteiger partial charge in [-0.1, -0.05) is 25.5 Å². The lowest BCUT2D eigenvalue weighted by Crippen LogP contribution is -2.23. The van der Waals surface area contributed by atoms with Crippen molar-refractivity contribution >= 4 is 9.84 Å². The van der Waals surface area contributed by atoms with Gasteiger partial charge in [0.2, 0.25) is 0 Å². The zero-order valence-electron chi connectivity index (χ0n) is 11.8. The average Bonchev–Trinajstić information content (AvgIpc) is 2.35. The van der Waals surface area contributed by atoms with E-state index >= 15 is 0 Å². The number of ether oxygens (including phenoxy) is 1. The molecule has 0 radical (unpaired) electrons. The van der Waals surface area contributed by atoms with Crippen molar-refractivity contribution in [2.24, 2.45) is 5.73 Å². The summed E-state index contributed by atoms with van der Waals surface area (Å²) in [6.07, 6.45) is 1.56. The maximum absolute atomic E-state index is 11.9. The van der Waals surface area contributed by atoms with Crippen molar-refractivity contribution in [3.05, 3.63) is 29.3 Å². The maximum atomic E-state index is 11.9. The van der Waals surface area contributed by atoms with Gasteiger partial charge in [0.25, 0.3) is 0 Å². The van der Waals surface area contributed by atoms with E-state index in [4.69, 9.17) is 10.5 Å². The lowest BCUT2D eigenvalue weighted by molar-refractivity contribution is 0.411. The smallest absolute Gasteiger partial charge is 0.152 e. The van der Waals surface area contributed by atoms with Gasteiger partial charge in [-0.15, -0.1) is 0 Å². The van der Waals surface area contributed by atoms with Crippen LogP contribution in [-0.2, 0) is 9.84 Å². The molecule has 0 heterocycles. The number of aryl methyl sites for hydroxylation is 1. The largest absolute Gasteiger partial charge is 0.496 e. The molecule has 0 saturated heterocycles. The number of methoxy groups -OCH3 is 1. The van der Waals surface area contributed by atoms with Crippen LogP contribution in [0.25, 0.3) is 0 Å². The van der Waals surface area contributed by atoms with Gasteiger partial charge in [-0.25, -0.2) is 8.42 Å². The molecule has 1 atom stereocenters. The Hall–Kier alpha value is -1.07. The molecule has 1 aromatic carbocycles. The first kappa shape index (κ1) is 16.0. The van der Waals surface area contributed by atoms with Gasteiger partial charge in [0.15, 0.2) is 9.84 Å². The first-order valence-corrected chi connectivity index (χ1v) is 8.32. The Morgan fingerprint density at radius 2 is 2.05 bits per heavy atom. The zero-order valence-corrected chi connectivity index (χ0v) is 12.7. The monoisotopic (exact) mass is 285 g/mol. The molecule has 0 aliphatic heterocycles. The maximum Gasteiger partial charge on any atom is 0.152 e. The van der Waals surface area contributed by atoms with Crippen molar-refractivity contribution < 1.29 is 13.2 Å². The molecule has 1 aromatic rings. The third kappa shape index (κ3) is 4.84. The molecule has 0 aliphatic rings. The van der Waals surface area contributed by atoms with E-state index < -0.39 is 15.9 Å². The number of benzene rings is 1. The predicted molar refractivity (Wildman–Crippen MR) is 78.2 cm³/mol. The summed E-state index contributed by atoms with van der Waals surface area (Å²) in [6.45, 7) is 3.89. The molecule has 0 saturated carbocycles. The van der Waals surface area contributed by atoms with Crippen molar-refractivity contribution in [2.45, 2.75) is 32.7 Å². The lowest BCUT2D eigenvalue weighted by atomic mass is 10.1. The third-order valence-corrected chi connectivity index (χ3v) is 4.87. The SMILES string of the molecule is CCCCS(=O)(=O)CC(N)c1ccc(OC)c(C)c1. The van der Waals surface area contributed by atoms with Gasteiger partial charge in [0, 0.05) is 6.04 Å². The number of hydrogen-bond acceptors (Lipinski definition) is 4. The van der Waals surface area contributed by atoms with Gasteiger partial charge in [-0.05, 0) is 30.5 Å². The highest BCUT2D eigenvalue weighted by molar-refractivity contribution is 7.91. The van der Waals surface area contributed by atoms with E-state index in [1.54, 1.807) is 7.11 Å². The second-order valence-corrected chi connectivity index (χ2v) is 7.03. The van der Waals surface area contributed by atoms with Crippen LogP contribution < -0.4 is 10.5 Å². The van der Waals surface area contributed by atoms with Crippen molar-refractivity contribution in [3.63, 3.8) is 0 Å². The Kier molecular flexibility index (Phi) is 5.82. The van der Waals surface area contributed by atoms with Crippen LogP contribution in [0.1, 0.15) is 36.9 Å². The first-order valence-electron chi connectivity index (χ1n) is 6.50. The molecule has 108 valence electrons. The highest BCUT2D eigenvalue weighted by atomic mass is 32.2. The van der Waals surface area contributed by atoms with Crippen LogP contribution >= 0.6 is 0 Å². The Morgan fingerprint density at radius 3 is 2.58 bits per heavy atom. The van der Waals surface area contributed by atoms with Crippen LogP contribution in [0, 0.1) is 6.92 Å². The van der Waals surface area contributed by atoms with Crippen LogP contribution in [0.4, 0.5) is 0 Å². The van der Waals surface area contributed by atoms with Crippen LogP contribution in [0.5, 0.6) is 5.75 Å². The highest BCUT2D eigenvalue weighted by Gasteiger charge is 2.17. The molecular weight excluding hydrogens is 262 g/mol. The predicted octanol–water partition coefficient (Wildman–Crippen LogP) is 2.22. The normalized spacial score (nSPS) is 13.3. The zero-order chi connectivity index (χ0) is 14.5. The molecule has 5 heteroatoms. The number of nitrogens with two attached hydrogens (primary N) is 1. The van der Waals surface area contributed by atoms with Crippen molar-refractivity contribution in [3.8, 4) is 5.75 Å². The van der Waals surface area contributed by atoms with Crippen molar-refractivity contribution in [1.29, 1.82) is 0 Å². The summed E-state index contributed by atoms with van der Waals surface area (Å²) >= 11 is 0. The molecule has 0 fully saturated rings. The molecular formula is C14H23NO3S. The third-order valence-electron chi connectivity index (χ3n) is 3.09. The van der Waals surface area contributed by atoms with Crippen LogP contribution in [0.3, 0.4) is 0 Å². The standard InChI is InChI=1S/C14H23NO3S/c1-4-5-8-19(16,17)10-13(15)12-6-7-14(18-3)11(2)9-12/h6-7,9,13H,4-5,8,10,15H2,1-3H3. The minimum atomic E-state index is -3.08. The molecule has 1 unspecified atom stereocenters. The second kappa shape index (κ2) is 6.91. The van der Waals surface area contributed by atoms with E-state index in [0.29, 0.717) is 6.42 Å². The van der Waals surface area contributed by atoms with Crippen LogP contribution in [-0.4, -0.2) is 27.0 Å². The summed E-state index contributed by atoms with van der Waals surface area (Å²) in [6, 6.07) is 5.06. The average molecular weight is 285 g/mol. The molecule has 0 spiro atoms. The molecule has 0 bridgehead atoms. The van der Waals surface area contributed by atoms with E-state index in [0.717, 1.165) is 23.3 Å². The number of sulfone groups is 1.